The molecule has 0 unspecified atom stereocenters. The fourth-order valence-electron chi connectivity index (χ4n) is 1.18. The minimum atomic E-state index is -1.55. The van der Waals surface area contributed by atoms with Gasteiger partial charge in [0.1, 0.15) is 0 Å². The van der Waals surface area contributed by atoms with E-state index in [4.69, 9.17) is 2.74 Å². The molecule has 0 radical (unpaired) electrons. The minimum absolute atomic E-state index is 0.435. The van der Waals surface area contributed by atoms with Gasteiger partial charge in [-0.15, -0.1) is 0 Å². The van der Waals surface area contributed by atoms with Crippen molar-refractivity contribution in [2.75, 3.05) is 13.7 Å². The molecule has 1 aliphatic heterocycles. The molecule has 0 bridgehead atoms. The summed E-state index contributed by atoms with van der Waals surface area (Å²) in [7, 11) is 1.91. The molecule has 0 aromatic carbocycles. The number of nitrogens with zero attached hydrogens (tertiary/aromatic N) is 3. The highest BCUT2D eigenvalue weighted by Crippen LogP contribution is 2.07. The van der Waals surface area contributed by atoms with Gasteiger partial charge in [0.25, 0.3) is 0 Å². The summed E-state index contributed by atoms with van der Waals surface area (Å²) in [5.41, 5.74) is 0.435. The third-order valence-electron chi connectivity index (χ3n) is 1.80. The molecule has 1 aromatic heterocycles. The van der Waals surface area contributed by atoms with Gasteiger partial charge in [0.2, 0.25) is 0 Å². The molecule has 0 amide bonds. The highest BCUT2D eigenvalue weighted by molar-refractivity contribution is 5.04. The second-order valence-electron chi connectivity index (χ2n) is 2.99. The van der Waals surface area contributed by atoms with Gasteiger partial charge in [-0.05, 0) is 12.1 Å². The molecule has 1 aliphatic rings. The summed E-state index contributed by atoms with van der Waals surface area (Å²) in [6.45, 7) is -1.01. The summed E-state index contributed by atoms with van der Waals surface area (Å²) in [4.78, 5) is 7.59. The van der Waals surface area contributed by atoms with Crippen LogP contribution >= 0.6 is 0 Å². The van der Waals surface area contributed by atoms with Gasteiger partial charge in [-0.2, -0.15) is 0 Å². The predicted molar refractivity (Wildman–Crippen MR) is 51.6 cm³/mol. The molecule has 3 heteroatoms. The SMILES string of the molecule is [2H]C([2H])(c1ccccn1)N1C=CN(C)C1. The lowest BCUT2D eigenvalue weighted by Gasteiger charge is -2.17. The highest BCUT2D eigenvalue weighted by Gasteiger charge is 2.08. The van der Waals surface area contributed by atoms with Gasteiger partial charge < -0.3 is 9.80 Å². The molecule has 0 saturated carbocycles. The highest BCUT2D eigenvalue weighted by atomic mass is 15.3. The summed E-state index contributed by atoms with van der Waals surface area (Å²) in [6.07, 6.45) is 5.20. The van der Waals surface area contributed by atoms with Gasteiger partial charge in [-0.3, -0.25) is 4.98 Å². The van der Waals surface area contributed by atoms with E-state index >= 15 is 0 Å². The van der Waals surface area contributed by atoms with Crippen LogP contribution < -0.4 is 0 Å². The second kappa shape index (κ2) is 3.47. The number of hydrogen-bond acceptors (Lipinski definition) is 3. The van der Waals surface area contributed by atoms with Crippen molar-refractivity contribution in [3.63, 3.8) is 0 Å². The van der Waals surface area contributed by atoms with E-state index in [0.717, 1.165) is 0 Å². The summed E-state index contributed by atoms with van der Waals surface area (Å²) in [5, 5.41) is 0. The van der Waals surface area contributed by atoms with Crippen LogP contribution in [-0.4, -0.2) is 28.5 Å². The molecule has 13 heavy (non-hydrogen) atoms. The Morgan fingerprint density at radius 1 is 1.54 bits per heavy atom. The fraction of sp³-hybridized carbons (Fsp3) is 0.300. The Hall–Kier alpha value is -1.51. The van der Waals surface area contributed by atoms with Crippen LogP contribution in [0.25, 0.3) is 0 Å². The Bertz CT molecular complexity index is 364. The molecular formula is C10H13N3. The van der Waals surface area contributed by atoms with Crippen LogP contribution in [0.2, 0.25) is 0 Å². The van der Waals surface area contributed by atoms with Crippen LogP contribution in [-0.2, 0) is 6.50 Å². The average molecular weight is 177 g/mol. The van der Waals surface area contributed by atoms with Gasteiger partial charge in [0.15, 0.2) is 0 Å². The van der Waals surface area contributed by atoms with E-state index in [1.165, 1.54) is 0 Å². The van der Waals surface area contributed by atoms with Gasteiger partial charge in [0.05, 0.1) is 21.6 Å². The minimum Gasteiger partial charge on any atom is -0.362 e. The fourth-order valence-corrected chi connectivity index (χ4v) is 1.18. The van der Waals surface area contributed by atoms with Crippen LogP contribution in [0.15, 0.2) is 36.8 Å². The van der Waals surface area contributed by atoms with Crippen LogP contribution in [0.1, 0.15) is 8.44 Å². The largest absolute Gasteiger partial charge is 0.362 e. The zero-order valence-electron chi connectivity index (χ0n) is 9.51. The average Bonchev–Trinajstić information content (AvgIpc) is 2.67. The lowest BCUT2D eigenvalue weighted by molar-refractivity contribution is 0.288. The van der Waals surface area contributed by atoms with E-state index < -0.39 is 6.50 Å². The van der Waals surface area contributed by atoms with Crippen molar-refractivity contribution >= 4 is 0 Å². The molecule has 1 aromatic rings. The third kappa shape index (κ3) is 1.99. The molecule has 0 N–H and O–H groups in total. The van der Waals surface area contributed by atoms with Crippen molar-refractivity contribution in [3.8, 4) is 0 Å². The lowest BCUT2D eigenvalue weighted by Crippen LogP contribution is -2.22. The van der Waals surface area contributed by atoms with Crippen molar-refractivity contribution < 1.29 is 2.74 Å². The molecule has 0 saturated heterocycles. The summed E-state index contributed by atoms with van der Waals surface area (Å²) >= 11 is 0. The number of hydrogen-bond donors (Lipinski definition) is 0. The smallest absolute Gasteiger partial charge is 0.0894 e. The third-order valence-corrected chi connectivity index (χ3v) is 1.80. The number of aromatic nitrogens is 1. The van der Waals surface area contributed by atoms with Crippen LogP contribution in [0.4, 0.5) is 0 Å². The predicted octanol–water partition coefficient (Wildman–Crippen LogP) is 1.26. The molecule has 0 spiro atoms. The first kappa shape index (κ1) is 6.02. The van der Waals surface area contributed by atoms with Crippen molar-refractivity contribution in [1.29, 1.82) is 0 Å². The summed E-state index contributed by atoms with van der Waals surface area (Å²) in [6, 6.07) is 5.28. The molecule has 2 rings (SSSR count). The van der Waals surface area contributed by atoms with E-state index in [2.05, 4.69) is 4.98 Å². The van der Waals surface area contributed by atoms with Crippen molar-refractivity contribution in [2.24, 2.45) is 0 Å². The Morgan fingerprint density at radius 3 is 3.08 bits per heavy atom. The van der Waals surface area contributed by atoms with Gasteiger partial charge in [-0.25, -0.2) is 0 Å². The zero-order valence-corrected chi connectivity index (χ0v) is 7.51. The van der Waals surface area contributed by atoms with E-state index in [0.29, 0.717) is 12.4 Å². The maximum absolute atomic E-state index is 8.01. The van der Waals surface area contributed by atoms with E-state index in [1.807, 2.05) is 18.1 Å². The normalized spacial score (nSPS) is 18.8. The van der Waals surface area contributed by atoms with Crippen LogP contribution in [0.5, 0.6) is 0 Å². The first-order chi connectivity index (χ1) is 7.10. The molecule has 0 fully saturated rings. The Labute approximate surface area is 81.1 Å². The monoisotopic (exact) mass is 177 g/mol. The molecular weight excluding hydrogens is 162 g/mol. The second-order valence-corrected chi connectivity index (χ2v) is 2.99. The topological polar surface area (TPSA) is 19.4 Å². The van der Waals surface area contributed by atoms with E-state index in [-0.39, 0.29) is 0 Å². The number of rotatable bonds is 2. The summed E-state index contributed by atoms with van der Waals surface area (Å²) < 4.78 is 16.0. The lowest BCUT2D eigenvalue weighted by atomic mass is 10.3. The quantitative estimate of drug-likeness (QED) is 0.678. The standard InChI is InChI=1S/C10H13N3/c1-12-6-7-13(9-12)8-10-4-2-3-5-11-10/h2-7H,8-9H2,1H3/i8D2. The van der Waals surface area contributed by atoms with Gasteiger partial charge in [-0.1, -0.05) is 6.07 Å². The Morgan fingerprint density at radius 2 is 2.46 bits per heavy atom. The first-order valence-electron chi connectivity index (χ1n) is 5.17. The van der Waals surface area contributed by atoms with Crippen molar-refractivity contribution in [3.05, 3.63) is 42.5 Å². The Kier molecular flexibility index (Phi) is 1.61. The molecule has 0 atom stereocenters. The molecule has 3 nitrogen and oxygen atoms in total. The summed E-state index contributed by atoms with van der Waals surface area (Å²) in [5.74, 6) is 0. The molecule has 68 valence electrons. The number of pyridine rings is 1. The van der Waals surface area contributed by atoms with Gasteiger partial charge >= 0.3 is 0 Å². The van der Waals surface area contributed by atoms with E-state index in [1.54, 1.807) is 35.5 Å². The zero-order chi connectivity index (χ0) is 10.9. The van der Waals surface area contributed by atoms with E-state index in [9.17, 15) is 0 Å². The molecule has 2 heterocycles. The molecule has 0 aliphatic carbocycles. The van der Waals surface area contributed by atoms with Crippen molar-refractivity contribution in [1.82, 2.24) is 14.8 Å². The maximum atomic E-state index is 8.01. The van der Waals surface area contributed by atoms with Crippen molar-refractivity contribution in [2.45, 2.75) is 6.50 Å². The first-order valence-corrected chi connectivity index (χ1v) is 4.17. The maximum Gasteiger partial charge on any atom is 0.0894 e. The van der Waals surface area contributed by atoms with Crippen LogP contribution in [0.3, 0.4) is 0 Å². The Balaban J connectivity index is 2.24. The van der Waals surface area contributed by atoms with Gasteiger partial charge in [0, 0.05) is 25.6 Å². The van der Waals surface area contributed by atoms with Crippen LogP contribution in [0, 0.1) is 0 Å².